The van der Waals surface area contributed by atoms with Crippen LogP contribution in [0.5, 0.6) is 11.8 Å². The lowest BCUT2D eigenvalue weighted by molar-refractivity contribution is 0.0913. The SMILES string of the molecule is COc1cc(OC)nc(Sc2ccccc2C(=O)C(c2ccccc2NC(=O)Nc2cc(C(C)(C)C)nn2-c2ccc(C)cc2)C2CCNCC2)n1. The molecule has 1 atom stereocenters. The lowest BCUT2D eigenvalue weighted by Gasteiger charge is -2.31. The van der Waals surface area contributed by atoms with Gasteiger partial charge in [0.05, 0.1) is 37.6 Å². The van der Waals surface area contributed by atoms with E-state index in [0.29, 0.717) is 38.9 Å². The number of para-hydroxylation sites is 1. The second-order valence-electron chi connectivity index (χ2n) is 13.8. The Kier molecular flexibility index (Phi) is 11.3. The van der Waals surface area contributed by atoms with E-state index < -0.39 is 11.9 Å². The van der Waals surface area contributed by atoms with Crippen LogP contribution in [0.25, 0.3) is 5.69 Å². The van der Waals surface area contributed by atoms with E-state index in [1.165, 1.54) is 26.0 Å². The highest BCUT2D eigenvalue weighted by molar-refractivity contribution is 7.99. The van der Waals surface area contributed by atoms with E-state index in [4.69, 9.17) is 14.6 Å². The average molecular weight is 720 g/mol. The number of urea groups is 1. The summed E-state index contributed by atoms with van der Waals surface area (Å²) in [5, 5.41) is 14.8. The van der Waals surface area contributed by atoms with Crippen molar-refractivity contribution in [2.24, 2.45) is 5.92 Å². The van der Waals surface area contributed by atoms with Gasteiger partial charge in [0.15, 0.2) is 10.9 Å². The number of carbonyl (C=O) groups excluding carboxylic acids is 2. The van der Waals surface area contributed by atoms with Gasteiger partial charge < -0.3 is 20.1 Å². The number of nitrogens with one attached hydrogen (secondary N) is 3. The van der Waals surface area contributed by atoms with Gasteiger partial charge in [0, 0.05) is 27.6 Å². The molecule has 12 heteroatoms. The smallest absolute Gasteiger partial charge is 0.324 e. The van der Waals surface area contributed by atoms with E-state index in [9.17, 15) is 9.59 Å². The molecule has 1 fully saturated rings. The Balaban J connectivity index is 1.33. The highest BCUT2D eigenvalue weighted by Crippen LogP contribution is 2.40. The highest BCUT2D eigenvalue weighted by Gasteiger charge is 2.35. The van der Waals surface area contributed by atoms with E-state index in [2.05, 4.69) is 46.7 Å². The quantitative estimate of drug-likeness (QED) is 0.0917. The number of carbonyl (C=O) groups is 2. The number of Topliss-reactive ketones (excluding diaryl/α,β-unsaturated/α-hetero) is 1. The lowest BCUT2D eigenvalue weighted by atomic mass is 9.75. The van der Waals surface area contributed by atoms with Crippen molar-refractivity contribution >= 4 is 35.1 Å². The number of amides is 2. The first-order chi connectivity index (χ1) is 25.0. The molecule has 1 unspecified atom stereocenters. The molecular formula is C40H45N7O4S. The molecule has 11 nitrogen and oxygen atoms in total. The van der Waals surface area contributed by atoms with Crippen molar-refractivity contribution < 1.29 is 19.1 Å². The minimum absolute atomic E-state index is 0.0354. The molecular weight excluding hydrogens is 675 g/mol. The minimum atomic E-state index is -0.522. The molecule has 2 aromatic heterocycles. The van der Waals surface area contributed by atoms with Crippen molar-refractivity contribution in [1.29, 1.82) is 0 Å². The molecule has 0 radical (unpaired) electrons. The van der Waals surface area contributed by atoms with E-state index in [-0.39, 0.29) is 17.1 Å². The van der Waals surface area contributed by atoms with Crippen molar-refractivity contribution in [2.75, 3.05) is 37.9 Å². The van der Waals surface area contributed by atoms with Crippen LogP contribution in [0.2, 0.25) is 0 Å². The van der Waals surface area contributed by atoms with Gasteiger partial charge in [-0.2, -0.15) is 15.1 Å². The van der Waals surface area contributed by atoms with Gasteiger partial charge in [-0.25, -0.2) is 9.48 Å². The van der Waals surface area contributed by atoms with Crippen molar-refractivity contribution in [3.05, 3.63) is 107 Å². The summed E-state index contributed by atoms with van der Waals surface area (Å²) in [6.45, 7) is 9.90. The molecule has 0 spiro atoms. The number of nitrogens with zero attached hydrogens (tertiary/aromatic N) is 4. The fraction of sp³-hybridized carbons (Fsp3) is 0.325. The average Bonchev–Trinajstić information content (AvgIpc) is 3.57. The number of rotatable bonds is 11. The molecule has 270 valence electrons. The molecule has 52 heavy (non-hydrogen) atoms. The lowest BCUT2D eigenvalue weighted by Crippen LogP contribution is -2.34. The fourth-order valence-corrected chi connectivity index (χ4v) is 7.21. The van der Waals surface area contributed by atoms with E-state index in [1.54, 1.807) is 10.7 Å². The third kappa shape index (κ3) is 8.46. The summed E-state index contributed by atoms with van der Waals surface area (Å²) >= 11 is 1.28. The topological polar surface area (TPSA) is 132 Å². The summed E-state index contributed by atoms with van der Waals surface area (Å²) in [4.78, 5) is 38.4. The summed E-state index contributed by atoms with van der Waals surface area (Å²) in [7, 11) is 3.06. The Morgan fingerprint density at radius 3 is 2.21 bits per heavy atom. The second-order valence-corrected chi connectivity index (χ2v) is 14.9. The van der Waals surface area contributed by atoms with Crippen LogP contribution in [-0.4, -0.2) is 58.9 Å². The fourth-order valence-electron chi connectivity index (χ4n) is 6.32. The van der Waals surface area contributed by atoms with Crippen LogP contribution in [0.15, 0.2) is 95.0 Å². The van der Waals surface area contributed by atoms with Crippen LogP contribution in [0, 0.1) is 12.8 Å². The Hall–Kier alpha value is -5.20. The minimum Gasteiger partial charge on any atom is -0.481 e. The zero-order valence-corrected chi connectivity index (χ0v) is 31.2. The third-order valence-electron chi connectivity index (χ3n) is 9.11. The molecule has 0 aliphatic carbocycles. The molecule has 6 rings (SSSR count). The van der Waals surface area contributed by atoms with Crippen LogP contribution in [0.1, 0.15) is 66.7 Å². The Labute approximate surface area is 308 Å². The molecule has 0 bridgehead atoms. The predicted octanol–water partition coefficient (Wildman–Crippen LogP) is 8.05. The number of piperidine rings is 1. The van der Waals surface area contributed by atoms with Crippen LogP contribution in [0.3, 0.4) is 0 Å². The molecule has 3 aromatic carbocycles. The molecule has 0 saturated carbocycles. The van der Waals surface area contributed by atoms with Crippen LogP contribution < -0.4 is 25.4 Å². The largest absolute Gasteiger partial charge is 0.481 e. The first-order valence-electron chi connectivity index (χ1n) is 17.4. The molecule has 3 heterocycles. The molecule has 1 aliphatic rings. The van der Waals surface area contributed by atoms with Gasteiger partial charge in [-0.1, -0.05) is 74.9 Å². The summed E-state index contributed by atoms with van der Waals surface area (Å²) in [6.07, 6.45) is 1.63. The van der Waals surface area contributed by atoms with E-state index in [0.717, 1.165) is 48.4 Å². The van der Waals surface area contributed by atoms with Crippen molar-refractivity contribution in [1.82, 2.24) is 25.1 Å². The Bertz CT molecular complexity index is 2010. The monoisotopic (exact) mass is 719 g/mol. The van der Waals surface area contributed by atoms with Gasteiger partial charge in [0.25, 0.3) is 0 Å². The standard InChI is InChI=1S/C40H45N7O4S/c1-25-15-17-27(18-16-25)47-33(23-32(46-47)40(2,3)4)43-38(49)42-30-13-9-7-11-28(30)36(26-19-21-41-22-20-26)37(48)29-12-8-10-14-31(29)52-39-44-34(50-5)24-35(45-39)51-6/h7-18,23-24,26,36,41H,19-22H2,1-6H3,(H2,42,43,49). The summed E-state index contributed by atoms with van der Waals surface area (Å²) < 4.78 is 12.5. The number of methoxy groups -OCH3 is 2. The number of aromatic nitrogens is 4. The molecule has 1 aliphatic heterocycles. The molecule has 5 aromatic rings. The summed E-state index contributed by atoms with van der Waals surface area (Å²) in [5.41, 5.74) is 4.45. The second kappa shape index (κ2) is 16.0. The molecule has 1 saturated heterocycles. The number of ether oxygens (including phenoxy) is 2. The van der Waals surface area contributed by atoms with Gasteiger partial charge in [0.1, 0.15) is 5.82 Å². The summed E-state index contributed by atoms with van der Waals surface area (Å²) in [5.74, 6) is 0.750. The van der Waals surface area contributed by atoms with Crippen LogP contribution >= 0.6 is 11.8 Å². The van der Waals surface area contributed by atoms with Gasteiger partial charge in [-0.05, 0) is 80.4 Å². The third-order valence-corrected chi connectivity index (χ3v) is 10.1. The number of anilines is 2. The number of aryl methyl sites for hydroxylation is 1. The first-order valence-corrected chi connectivity index (χ1v) is 18.2. The predicted molar refractivity (Wildman–Crippen MR) is 204 cm³/mol. The van der Waals surface area contributed by atoms with E-state index >= 15 is 0 Å². The number of hydrogen-bond donors (Lipinski definition) is 3. The zero-order chi connectivity index (χ0) is 36.8. The first kappa shape index (κ1) is 36.6. The number of hydrogen-bond acceptors (Lipinski definition) is 9. The van der Waals surface area contributed by atoms with Crippen LogP contribution in [0.4, 0.5) is 16.3 Å². The van der Waals surface area contributed by atoms with Gasteiger partial charge in [-0.3, -0.25) is 10.1 Å². The molecule has 2 amide bonds. The number of benzene rings is 3. The zero-order valence-electron chi connectivity index (χ0n) is 30.4. The molecule has 3 N–H and O–H groups in total. The van der Waals surface area contributed by atoms with Gasteiger partial charge >= 0.3 is 6.03 Å². The Morgan fingerprint density at radius 1 is 0.885 bits per heavy atom. The van der Waals surface area contributed by atoms with Crippen molar-refractivity contribution in [2.45, 2.75) is 61.9 Å². The van der Waals surface area contributed by atoms with Gasteiger partial charge in [0.2, 0.25) is 11.8 Å². The normalized spacial score (nSPS) is 14.0. The maximum Gasteiger partial charge on any atom is 0.324 e. The van der Waals surface area contributed by atoms with Crippen LogP contribution in [-0.2, 0) is 5.41 Å². The van der Waals surface area contributed by atoms with Crippen molar-refractivity contribution in [3.8, 4) is 17.4 Å². The van der Waals surface area contributed by atoms with Crippen molar-refractivity contribution in [3.63, 3.8) is 0 Å². The van der Waals surface area contributed by atoms with Gasteiger partial charge in [-0.15, -0.1) is 0 Å². The summed E-state index contributed by atoms with van der Waals surface area (Å²) in [6, 6.07) is 26.2. The van der Waals surface area contributed by atoms with E-state index in [1.807, 2.05) is 85.8 Å². The number of ketones is 1. The maximum atomic E-state index is 14.9. The maximum absolute atomic E-state index is 14.9. The Morgan fingerprint density at radius 2 is 1.54 bits per heavy atom. The highest BCUT2D eigenvalue weighted by atomic mass is 32.2.